The normalized spacial score (nSPS) is 11.4. The topological polar surface area (TPSA) is 121 Å². The molecule has 0 unspecified atom stereocenters. The molecule has 2 aromatic carbocycles. The van der Waals surface area contributed by atoms with E-state index in [0.29, 0.717) is 50.8 Å². The van der Waals surface area contributed by atoms with E-state index in [2.05, 4.69) is 55.1 Å². The first-order chi connectivity index (χ1) is 19.4. The Morgan fingerprint density at radius 2 is 1.00 bits per heavy atom. The van der Waals surface area contributed by atoms with Gasteiger partial charge in [-0.25, -0.2) is 9.59 Å². The molecule has 12 heteroatoms. The molecule has 2 heterocycles. The maximum atomic E-state index is 12.6. The van der Waals surface area contributed by atoms with E-state index in [0.717, 1.165) is 40.3 Å². The van der Waals surface area contributed by atoms with Gasteiger partial charge in [-0.05, 0) is 81.6 Å². The number of hydrogen-bond donors (Lipinski definition) is 2. The van der Waals surface area contributed by atoms with Gasteiger partial charge in [0.2, 0.25) is 0 Å². The first-order valence-electron chi connectivity index (χ1n) is 12.5. The smallest absolute Gasteiger partial charge is 0.338 e. The fraction of sp³-hybridized carbons (Fsp3) is 0.357. The van der Waals surface area contributed by atoms with Crippen molar-refractivity contribution in [1.82, 2.24) is 9.97 Å². The van der Waals surface area contributed by atoms with Crippen LogP contribution in [0.25, 0.3) is 33.2 Å². The van der Waals surface area contributed by atoms with E-state index < -0.39 is 11.9 Å². The highest BCUT2D eigenvalue weighted by atomic mass is 127. The number of benzene rings is 2. The van der Waals surface area contributed by atoms with E-state index in [1.165, 1.54) is 0 Å². The number of H-pyrrole nitrogens is 2. The van der Waals surface area contributed by atoms with Crippen molar-refractivity contribution in [1.29, 1.82) is 0 Å². The second-order valence-electron chi connectivity index (χ2n) is 8.69. The summed E-state index contributed by atoms with van der Waals surface area (Å²) in [6.45, 7) is 2.85. The van der Waals surface area contributed by atoms with Gasteiger partial charge in [-0.3, -0.25) is 0 Å². The van der Waals surface area contributed by atoms with Crippen LogP contribution in [0, 0.1) is 7.14 Å². The predicted molar refractivity (Wildman–Crippen MR) is 167 cm³/mol. The Morgan fingerprint density at radius 3 is 1.40 bits per heavy atom. The molecule has 4 aromatic rings. The van der Waals surface area contributed by atoms with Crippen LogP contribution in [-0.2, 0) is 28.4 Å². The van der Waals surface area contributed by atoms with Gasteiger partial charge >= 0.3 is 11.9 Å². The van der Waals surface area contributed by atoms with Crippen LogP contribution >= 0.6 is 45.2 Å². The monoisotopic (exact) mass is 776 g/mol. The number of methoxy groups -OCH3 is 2. The van der Waals surface area contributed by atoms with E-state index in [-0.39, 0.29) is 13.2 Å². The van der Waals surface area contributed by atoms with Crippen molar-refractivity contribution in [2.24, 2.45) is 0 Å². The number of carbonyl (C=O) groups excluding carboxylic acids is 2. The standard InChI is InChI=1S/C28H30I2N2O8/c1-35-3-5-37-7-9-39-27(33)19-11-17-15-23(31-25(17)21(29)13-19)24-16-18-12-20(14-22(30)26(18)32-24)28(34)40-10-8-38-6-4-36-2/h11-16,31-32H,3-10H2,1-2H3. The molecular weight excluding hydrogens is 746 g/mol. The minimum absolute atomic E-state index is 0.168. The van der Waals surface area contributed by atoms with Gasteiger partial charge in [-0.2, -0.15) is 0 Å². The van der Waals surface area contributed by atoms with Crippen molar-refractivity contribution in [2.75, 3.05) is 67.1 Å². The number of nitrogens with one attached hydrogen (secondary N) is 2. The van der Waals surface area contributed by atoms with Crippen molar-refractivity contribution in [3.8, 4) is 11.4 Å². The van der Waals surface area contributed by atoms with Crippen molar-refractivity contribution in [3.05, 3.63) is 54.7 Å². The molecule has 0 atom stereocenters. The molecule has 10 nitrogen and oxygen atoms in total. The molecule has 40 heavy (non-hydrogen) atoms. The van der Waals surface area contributed by atoms with E-state index in [4.69, 9.17) is 28.4 Å². The van der Waals surface area contributed by atoms with Crippen LogP contribution in [0.4, 0.5) is 0 Å². The zero-order valence-corrected chi connectivity index (χ0v) is 26.5. The van der Waals surface area contributed by atoms with Gasteiger partial charge in [-0.1, -0.05) is 0 Å². The van der Waals surface area contributed by atoms with Crippen LogP contribution in [0.2, 0.25) is 0 Å². The molecule has 0 aliphatic heterocycles. The number of fused-ring (bicyclic) bond motifs is 2. The molecule has 0 bridgehead atoms. The predicted octanol–water partition coefficient (Wildman–Crippen LogP) is 5.17. The Morgan fingerprint density at radius 1 is 0.600 bits per heavy atom. The molecule has 0 amide bonds. The maximum Gasteiger partial charge on any atom is 0.338 e. The third kappa shape index (κ3) is 7.94. The number of aromatic amines is 2. The molecule has 0 spiro atoms. The summed E-state index contributed by atoms with van der Waals surface area (Å²) in [7, 11) is 3.21. The highest BCUT2D eigenvalue weighted by Crippen LogP contribution is 2.32. The lowest BCUT2D eigenvalue weighted by molar-refractivity contribution is 0.0210. The van der Waals surface area contributed by atoms with Gasteiger partial charge in [0.25, 0.3) is 0 Å². The third-order valence-electron chi connectivity index (χ3n) is 5.91. The highest BCUT2D eigenvalue weighted by molar-refractivity contribution is 14.1. The summed E-state index contributed by atoms with van der Waals surface area (Å²) in [6.07, 6.45) is 0. The number of rotatable bonds is 15. The van der Waals surface area contributed by atoms with Gasteiger partial charge in [0, 0.05) is 32.1 Å². The number of halogens is 2. The summed E-state index contributed by atoms with van der Waals surface area (Å²) in [4.78, 5) is 32.1. The molecule has 4 rings (SSSR count). The molecule has 214 valence electrons. The summed E-state index contributed by atoms with van der Waals surface area (Å²) in [6, 6.07) is 11.2. The molecule has 0 aliphatic rings. The van der Waals surface area contributed by atoms with E-state index >= 15 is 0 Å². The number of carbonyl (C=O) groups is 2. The lowest BCUT2D eigenvalue weighted by Crippen LogP contribution is -2.12. The third-order valence-corrected chi connectivity index (χ3v) is 7.61. The van der Waals surface area contributed by atoms with E-state index in [1.807, 2.05) is 24.3 Å². The molecule has 2 aromatic heterocycles. The number of esters is 2. The maximum absolute atomic E-state index is 12.6. The SMILES string of the molecule is COCCOCCOC(=O)c1cc(I)c2[nH]c(-c3cc4cc(C(=O)OCCOCCOC)cc(I)c4[nH]3)cc2c1. The molecule has 0 fully saturated rings. The minimum Gasteiger partial charge on any atom is -0.460 e. The van der Waals surface area contributed by atoms with Gasteiger partial charge in [-0.15, -0.1) is 0 Å². The van der Waals surface area contributed by atoms with Crippen molar-refractivity contribution in [2.45, 2.75) is 0 Å². The minimum atomic E-state index is -0.404. The van der Waals surface area contributed by atoms with Crippen molar-refractivity contribution < 1.29 is 38.0 Å². The summed E-state index contributed by atoms with van der Waals surface area (Å²) in [5, 5.41) is 1.77. The lowest BCUT2D eigenvalue weighted by atomic mass is 10.1. The molecule has 0 aliphatic carbocycles. The second-order valence-corrected chi connectivity index (χ2v) is 11.0. The van der Waals surface area contributed by atoms with Crippen LogP contribution in [0.15, 0.2) is 36.4 Å². The zero-order valence-electron chi connectivity index (χ0n) is 22.1. The molecule has 0 radical (unpaired) electrons. The van der Waals surface area contributed by atoms with Crippen LogP contribution in [-0.4, -0.2) is 89.0 Å². The van der Waals surface area contributed by atoms with Crippen molar-refractivity contribution in [3.63, 3.8) is 0 Å². The molecule has 0 saturated heterocycles. The zero-order chi connectivity index (χ0) is 28.5. The van der Waals surface area contributed by atoms with Crippen LogP contribution < -0.4 is 0 Å². The Labute approximate surface area is 258 Å². The first kappa shape index (κ1) is 30.7. The highest BCUT2D eigenvalue weighted by Gasteiger charge is 2.16. The fourth-order valence-corrected chi connectivity index (χ4v) is 5.53. The summed E-state index contributed by atoms with van der Waals surface area (Å²) in [5.41, 5.74) is 4.49. The number of aromatic nitrogens is 2. The Balaban J connectivity index is 1.46. The van der Waals surface area contributed by atoms with Crippen LogP contribution in [0.3, 0.4) is 0 Å². The summed E-state index contributed by atoms with van der Waals surface area (Å²) >= 11 is 4.41. The largest absolute Gasteiger partial charge is 0.460 e. The van der Waals surface area contributed by atoms with Gasteiger partial charge in [0.05, 0.1) is 73.2 Å². The van der Waals surface area contributed by atoms with E-state index in [1.54, 1.807) is 26.4 Å². The first-order valence-corrected chi connectivity index (χ1v) is 14.7. The Kier molecular flexibility index (Phi) is 11.6. The van der Waals surface area contributed by atoms with E-state index in [9.17, 15) is 9.59 Å². The van der Waals surface area contributed by atoms with Gasteiger partial charge in [0.15, 0.2) is 0 Å². The summed E-state index contributed by atoms with van der Waals surface area (Å²) < 4.78 is 33.1. The number of hydrogen-bond acceptors (Lipinski definition) is 8. The average molecular weight is 776 g/mol. The fourth-order valence-electron chi connectivity index (χ4n) is 3.97. The van der Waals surface area contributed by atoms with Gasteiger partial charge in [0.1, 0.15) is 13.2 Å². The van der Waals surface area contributed by atoms with Crippen LogP contribution in [0.1, 0.15) is 20.7 Å². The van der Waals surface area contributed by atoms with Crippen molar-refractivity contribution >= 4 is 78.9 Å². The lowest BCUT2D eigenvalue weighted by Gasteiger charge is -2.06. The second kappa shape index (κ2) is 15.1. The Hall–Kier alpha value is -2.24. The van der Waals surface area contributed by atoms with Crippen LogP contribution in [0.5, 0.6) is 0 Å². The Bertz CT molecular complexity index is 1360. The van der Waals surface area contributed by atoms with Gasteiger partial charge < -0.3 is 38.4 Å². The quantitative estimate of drug-likeness (QED) is 0.0966. The summed E-state index contributed by atoms with van der Waals surface area (Å²) in [5.74, 6) is -0.807. The molecular formula is C28H30I2N2O8. The molecule has 2 N–H and O–H groups in total. The number of ether oxygens (including phenoxy) is 6. The molecule has 0 saturated carbocycles. The average Bonchev–Trinajstić information content (AvgIpc) is 3.57.